The topological polar surface area (TPSA) is 82.8 Å². The van der Waals surface area contributed by atoms with Crippen molar-refractivity contribution in [2.24, 2.45) is 5.73 Å². The normalized spacial score (nSPS) is 18.5. The molecule has 0 heterocycles. The molecule has 0 bridgehead atoms. The SMILES string of the molecule is COc1cc2c(c(OC)c1OC)C1=CC=C(N)CC=C1[C@@H](NC(C)=O)CC2. The summed E-state index contributed by atoms with van der Waals surface area (Å²) >= 11 is 0. The number of carbonyl (C=O) groups excluding carboxylic acids is 1. The molecule has 6 heteroatoms. The van der Waals surface area contributed by atoms with Crippen LogP contribution in [0.2, 0.25) is 0 Å². The number of fused-ring (bicyclic) bond motifs is 3. The first-order valence-corrected chi connectivity index (χ1v) is 8.96. The largest absolute Gasteiger partial charge is 0.493 e. The van der Waals surface area contributed by atoms with Crippen molar-refractivity contribution in [1.82, 2.24) is 5.32 Å². The van der Waals surface area contributed by atoms with Crippen molar-refractivity contribution in [3.05, 3.63) is 46.7 Å². The highest BCUT2D eigenvalue weighted by Crippen LogP contribution is 2.49. The Morgan fingerprint density at radius 3 is 2.52 bits per heavy atom. The van der Waals surface area contributed by atoms with Gasteiger partial charge in [-0.3, -0.25) is 4.79 Å². The Morgan fingerprint density at radius 1 is 1.15 bits per heavy atom. The lowest BCUT2D eigenvalue weighted by atomic mass is 9.91. The predicted octanol–water partition coefficient (Wildman–Crippen LogP) is 2.72. The van der Waals surface area contributed by atoms with Gasteiger partial charge < -0.3 is 25.3 Å². The van der Waals surface area contributed by atoms with E-state index in [1.54, 1.807) is 21.3 Å². The molecule has 0 aliphatic heterocycles. The van der Waals surface area contributed by atoms with Gasteiger partial charge in [-0.1, -0.05) is 12.2 Å². The molecule has 0 spiro atoms. The van der Waals surface area contributed by atoms with Crippen molar-refractivity contribution in [2.75, 3.05) is 21.3 Å². The van der Waals surface area contributed by atoms with E-state index in [0.29, 0.717) is 23.7 Å². The summed E-state index contributed by atoms with van der Waals surface area (Å²) in [5, 5.41) is 3.08. The molecule has 1 aromatic carbocycles. The standard InChI is InChI=1S/C21H26N2O4/c1-12(24)23-17-10-5-13-11-18(25-2)20(26-3)21(27-4)19(13)16-9-7-14(22)6-8-15(16)17/h7-9,11,17H,5-6,10,22H2,1-4H3,(H,23,24)/t17-/m0/s1. The average molecular weight is 370 g/mol. The molecule has 0 saturated heterocycles. The van der Waals surface area contributed by atoms with Crippen LogP contribution in [0.5, 0.6) is 17.2 Å². The summed E-state index contributed by atoms with van der Waals surface area (Å²) in [5.74, 6) is 1.75. The van der Waals surface area contributed by atoms with Gasteiger partial charge in [-0.25, -0.2) is 0 Å². The molecule has 2 aliphatic carbocycles. The van der Waals surface area contributed by atoms with Gasteiger partial charge in [-0.05, 0) is 41.7 Å². The fourth-order valence-corrected chi connectivity index (χ4v) is 3.80. The van der Waals surface area contributed by atoms with E-state index in [9.17, 15) is 4.79 Å². The van der Waals surface area contributed by atoms with Crippen molar-refractivity contribution in [2.45, 2.75) is 32.2 Å². The van der Waals surface area contributed by atoms with E-state index in [1.807, 2.05) is 18.2 Å². The first kappa shape index (κ1) is 18.9. The first-order valence-electron chi connectivity index (χ1n) is 8.96. The Hall–Kier alpha value is -2.89. The maximum absolute atomic E-state index is 11.8. The van der Waals surface area contributed by atoms with Crippen LogP contribution in [-0.4, -0.2) is 33.3 Å². The van der Waals surface area contributed by atoms with Crippen LogP contribution in [0.15, 0.2) is 35.6 Å². The Labute approximate surface area is 159 Å². The van der Waals surface area contributed by atoms with E-state index < -0.39 is 0 Å². The molecule has 1 amide bonds. The summed E-state index contributed by atoms with van der Waals surface area (Å²) in [4.78, 5) is 11.8. The summed E-state index contributed by atoms with van der Waals surface area (Å²) in [6.07, 6.45) is 8.18. The van der Waals surface area contributed by atoms with Crippen molar-refractivity contribution in [1.29, 1.82) is 0 Å². The number of carbonyl (C=O) groups is 1. The molecule has 3 N–H and O–H groups in total. The summed E-state index contributed by atoms with van der Waals surface area (Å²) < 4.78 is 16.8. The maximum atomic E-state index is 11.8. The molecular formula is C21H26N2O4. The van der Waals surface area contributed by atoms with E-state index in [1.165, 1.54) is 6.92 Å². The maximum Gasteiger partial charge on any atom is 0.217 e. The zero-order valence-corrected chi connectivity index (χ0v) is 16.2. The monoisotopic (exact) mass is 370 g/mol. The first-order chi connectivity index (χ1) is 13.0. The number of methoxy groups -OCH3 is 3. The summed E-state index contributed by atoms with van der Waals surface area (Å²) in [7, 11) is 4.83. The van der Waals surface area contributed by atoms with Gasteiger partial charge in [0.15, 0.2) is 11.5 Å². The zero-order valence-electron chi connectivity index (χ0n) is 16.2. The number of aryl methyl sites for hydroxylation is 1. The van der Waals surface area contributed by atoms with Gasteiger partial charge in [0.25, 0.3) is 0 Å². The van der Waals surface area contributed by atoms with Gasteiger partial charge in [0, 0.05) is 24.6 Å². The molecular weight excluding hydrogens is 344 g/mol. The molecule has 0 fully saturated rings. The molecule has 0 unspecified atom stereocenters. The number of rotatable bonds is 4. The number of ether oxygens (including phenoxy) is 3. The second-order valence-electron chi connectivity index (χ2n) is 6.66. The van der Waals surface area contributed by atoms with Crippen LogP contribution in [0.1, 0.15) is 30.9 Å². The lowest BCUT2D eigenvalue weighted by Crippen LogP contribution is -2.34. The lowest BCUT2D eigenvalue weighted by Gasteiger charge is -2.22. The molecule has 3 rings (SSSR count). The second kappa shape index (κ2) is 7.78. The summed E-state index contributed by atoms with van der Waals surface area (Å²) in [6.45, 7) is 1.54. The number of nitrogens with one attached hydrogen (secondary N) is 1. The molecule has 1 atom stereocenters. The van der Waals surface area contributed by atoms with Gasteiger partial charge in [-0.15, -0.1) is 0 Å². The minimum atomic E-state index is -0.0952. The number of benzene rings is 1. The summed E-state index contributed by atoms with van der Waals surface area (Å²) in [5.41, 5.74) is 10.9. The lowest BCUT2D eigenvalue weighted by molar-refractivity contribution is -0.119. The van der Waals surface area contributed by atoms with Crippen molar-refractivity contribution < 1.29 is 19.0 Å². The smallest absolute Gasteiger partial charge is 0.217 e. The fourth-order valence-electron chi connectivity index (χ4n) is 3.80. The van der Waals surface area contributed by atoms with Crippen LogP contribution in [-0.2, 0) is 11.2 Å². The van der Waals surface area contributed by atoms with Gasteiger partial charge in [-0.2, -0.15) is 0 Å². The molecule has 1 aromatic rings. The van der Waals surface area contributed by atoms with Gasteiger partial charge >= 0.3 is 0 Å². The predicted molar refractivity (Wildman–Crippen MR) is 105 cm³/mol. The molecule has 6 nitrogen and oxygen atoms in total. The van der Waals surface area contributed by atoms with Gasteiger partial charge in [0.1, 0.15) is 0 Å². The highest BCUT2D eigenvalue weighted by molar-refractivity contribution is 5.90. The number of allylic oxidation sites excluding steroid dienone is 3. The van der Waals surface area contributed by atoms with Gasteiger partial charge in [0.2, 0.25) is 11.7 Å². The molecule has 0 saturated carbocycles. The third kappa shape index (κ3) is 3.52. The van der Waals surface area contributed by atoms with Crippen LogP contribution in [0.4, 0.5) is 0 Å². The summed E-state index contributed by atoms with van der Waals surface area (Å²) in [6, 6.07) is 1.89. The Balaban J connectivity index is 2.28. The fraction of sp³-hybridized carbons (Fsp3) is 0.381. The zero-order chi connectivity index (χ0) is 19.6. The van der Waals surface area contributed by atoms with Crippen molar-refractivity contribution >= 4 is 11.5 Å². The quantitative estimate of drug-likeness (QED) is 0.852. The Kier molecular flexibility index (Phi) is 5.44. The van der Waals surface area contributed by atoms with E-state index in [4.69, 9.17) is 19.9 Å². The second-order valence-corrected chi connectivity index (χ2v) is 6.66. The van der Waals surface area contributed by atoms with E-state index >= 15 is 0 Å². The van der Waals surface area contributed by atoms with Crippen LogP contribution < -0.4 is 25.3 Å². The molecule has 2 aliphatic rings. The number of amides is 1. The van der Waals surface area contributed by atoms with Gasteiger partial charge in [0.05, 0.1) is 27.4 Å². The van der Waals surface area contributed by atoms with Crippen LogP contribution >= 0.6 is 0 Å². The third-order valence-electron chi connectivity index (χ3n) is 4.97. The van der Waals surface area contributed by atoms with Crippen LogP contribution in [0.25, 0.3) is 5.57 Å². The minimum absolute atomic E-state index is 0.0569. The molecule has 0 radical (unpaired) electrons. The van der Waals surface area contributed by atoms with E-state index in [0.717, 1.165) is 40.8 Å². The Morgan fingerprint density at radius 2 is 1.89 bits per heavy atom. The van der Waals surface area contributed by atoms with E-state index in [2.05, 4.69) is 11.4 Å². The molecule has 144 valence electrons. The van der Waals surface area contributed by atoms with Crippen molar-refractivity contribution in [3.8, 4) is 17.2 Å². The third-order valence-corrected chi connectivity index (χ3v) is 4.97. The molecule has 0 aromatic heterocycles. The minimum Gasteiger partial charge on any atom is -0.493 e. The average Bonchev–Trinajstić information content (AvgIpc) is 2.92. The Bertz CT molecular complexity index is 852. The highest BCUT2D eigenvalue weighted by atomic mass is 16.5. The van der Waals surface area contributed by atoms with Crippen LogP contribution in [0.3, 0.4) is 0 Å². The highest BCUT2D eigenvalue weighted by Gasteiger charge is 2.31. The number of hydrogen-bond acceptors (Lipinski definition) is 5. The van der Waals surface area contributed by atoms with Crippen LogP contribution in [0, 0.1) is 0 Å². The van der Waals surface area contributed by atoms with E-state index in [-0.39, 0.29) is 11.9 Å². The molecule has 27 heavy (non-hydrogen) atoms. The number of hydrogen-bond donors (Lipinski definition) is 2. The van der Waals surface area contributed by atoms with Crippen molar-refractivity contribution in [3.63, 3.8) is 0 Å². The number of nitrogens with two attached hydrogens (primary N) is 1.